The number of nitrogens with one attached hydrogen (secondary N) is 1. The van der Waals surface area contributed by atoms with Crippen LogP contribution in [0.5, 0.6) is 0 Å². The van der Waals surface area contributed by atoms with Crippen molar-refractivity contribution in [3.8, 4) is 0 Å². The number of rotatable bonds is 3. The maximum atomic E-state index is 12.6. The molecule has 1 N–H and O–H groups in total. The van der Waals surface area contributed by atoms with Crippen molar-refractivity contribution in [3.63, 3.8) is 0 Å². The quantitative estimate of drug-likeness (QED) is 0.877. The van der Waals surface area contributed by atoms with Crippen LogP contribution in [-0.4, -0.2) is 44.3 Å². The van der Waals surface area contributed by atoms with Crippen molar-refractivity contribution >= 4 is 27.3 Å². The fourth-order valence-electron chi connectivity index (χ4n) is 3.28. The van der Waals surface area contributed by atoms with Gasteiger partial charge in [0.2, 0.25) is 11.8 Å². The molecule has 0 spiro atoms. The minimum absolute atomic E-state index is 0.0191. The molecule has 124 valence electrons. The minimum atomic E-state index is -3.04. The van der Waals surface area contributed by atoms with Gasteiger partial charge in [0.05, 0.1) is 16.9 Å². The predicted molar refractivity (Wildman–Crippen MR) is 87.0 cm³/mol. The van der Waals surface area contributed by atoms with Gasteiger partial charge in [-0.25, -0.2) is 8.42 Å². The molecule has 1 aromatic rings. The number of nitrogens with zero attached hydrogens (tertiary/aromatic N) is 1. The van der Waals surface area contributed by atoms with E-state index in [2.05, 4.69) is 5.32 Å². The number of fused-ring (bicyclic) bond motifs is 1. The van der Waals surface area contributed by atoms with E-state index in [9.17, 15) is 18.0 Å². The zero-order valence-electron chi connectivity index (χ0n) is 13.2. The zero-order valence-corrected chi connectivity index (χ0v) is 14.0. The van der Waals surface area contributed by atoms with Crippen LogP contribution in [0.2, 0.25) is 0 Å². The summed E-state index contributed by atoms with van der Waals surface area (Å²) in [6, 6.07) is 7.08. The Bertz CT molecular complexity index is 770. The lowest BCUT2D eigenvalue weighted by atomic mass is 9.86. The molecule has 2 amide bonds. The van der Waals surface area contributed by atoms with Gasteiger partial charge in [-0.3, -0.25) is 9.59 Å². The molecule has 2 aliphatic rings. The van der Waals surface area contributed by atoms with Gasteiger partial charge in [-0.05, 0) is 31.9 Å². The van der Waals surface area contributed by atoms with Crippen molar-refractivity contribution in [1.29, 1.82) is 0 Å². The highest BCUT2D eigenvalue weighted by Gasteiger charge is 2.44. The van der Waals surface area contributed by atoms with Crippen LogP contribution in [0.25, 0.3) is 0 Å². The summed E-state index contributed by atoms with van der Waals surface area (Å²) in [5.74, 6) is -0.355. The molecule has 0 bridgehead atoms. The average molecular weight is 336 g/mol. The first-order valence-corrected chi connectivity index (χ1v) is 9.44. The van der Waals surface area contributed by atoms with Crippen LogP contribution < -0.4 is 10.2 Å². The third kappa shape index (κ3) is 2.85. The van der Waals surface area contributed by atoms with E-state index in [1.165, 1.54) is 4.90 Å². The first-order valence-electron chi connectivity index (χ1n) is 7.62. The van der Waals surface area contributed by atoms with Gasteiger partial charge in [0.25, 0.3) is 0 Å². The minimum Gasteiger partial charge on any atom is -0.351 e. The highest BCUT2D eigenvalue weighted by Crippen LogP contribution is 2.40. The van der Waals surface area contributed by atoms with E-state index in [1.807, 2.05) is 38.1 Å². The second-order valence-electron chi connectivity index (χ2n) is 6.70. The topological polar surface area (TPSA) is 83.6 Å². The van der Waals surface area contributed by atoms with Crippen LogP contribution in [0.15, 0.2) is 24.3 Å². The Balaban J connectivity index is 1.73. The van der Waals surface area contributed by atoms with Crippen LogP contribution in [-0.2, 0) is 24.8 Å². The fourth-order valence-corrected chi connectivity index (χ4v) is 4.96. The summed E-state index contributed by atoms with van der Waals surface area (Å²) in [6.07, 6.45) is 0.435. The zero-order chi connectivity index (χ0) is 16.8. The number of benzene rings is 1. The van der Waals surface area contributed by atoms with Gasteiger partial charge in [0.1, 0.15) is 6.54 Å². The van der Waals surface area contributed by atoms with E-state index in [1.54, 1.807) is 0 Å². The van der Waals surface area contributed by atoms with E-state index in [-0.39, 0.29) is 35.9 Å². The van der Waals surface area contributed by atoms with Crippen LogP contribution in [0, 0.1) is 0 Å². The lowest BCUT2D eigenvalue weighted by Crippen LogP contribution is -2.45. The molecule has 1 fully saturated rings. The molecular weight excluding hydrogens is 316 g/mol. The van der Waals surface area contributed by atoms with E-state index < -0.39 is 15.3 Å². The highest BCUT2D eigenvalue weighted by atomic mass is 32.2. The fraction of sp³-hybridized carbons (Fsp3) is 0.500. The van der Waals surface area contributed by atoms with Gasteiger partial charge < -0.3 is 10.2 Å². The number of anilines is 1. The second kappa shape index (κ2) is 5.33. The number of hydrogen-bond donors (Lipinski definition) is 1. The normalized spacial score (nSPS) is 24.5. The van der Waals surface area contributed by atoms with Crippen molar-refractivity contribution in [1.82, 2.24) is 5.32 Å². The number of carbonyl (C=O) groups excluding carboxylic acids is 2. The van der Waals surface area contributed by atoms with E-state index >= 15 is 0 Å². The van der Waals surface area contributed by atoms with Crippen molar-refractivity contribution in [2.75, 3.05) is 23.0 Å². The van der Waals surface area contributed by atoms with Crippen LogP contribution in [0.3, 0.4) is 0 Å². The molecule has 7 heteroatoms. The molecule has 3 rings (SSSR count). The third-order valence-electron chi connectivity index (χ3n) is 4.55. The third-order valence-corrected chi connectivity index (χ3v) is 6.32. The summed E-state index contributed by atoms with van der Waals surface area (Å²) >= 11 is 0. The molecule has 23 heavy (non-hydrogen) atoms. The molecule has 0 saturated carbocycles. The lowest BCUT2D eigenvalue weighted by molar-refractivity contribution is -0.125. The van der Waals surface area contributed by atoms with Gasteiger partial charge in [-0.15, -0.1) is 0 Å². The SMILES string of the molecule is CC1(C)C(=O)N(CC(=O)NC2CCS(=O)(=O)C2)c2ccccc21. The van der Waals surface area contributed by atoms with Crippen LogP contribution in [0.1, 0.15) is 25.8 Å². The Morgan fingerprint density at radius 1 is 1.35 bits per heavy atom. The van der Waals surface area contributed by atoms with Crippen molar-refractivity contribution in [2.24, 2.45) is 0 Å². The standard InChI is InChI=1S/C16H20N2O4S/c1-16(2)12-5-3-4-6-13(12)18(15(16)20)9-14(19)17-11-7-8-23(21,22)10-11/h3-6,11H,7-10H2,1-2H3,(H,17,19). The van der Waals surface area contributed by atoms with Gasteiger partial charge in [-0.2, -0.15) is 0 Å². The monoisotopic (exact) mass is 336 g/mol. The average Bonchev–Trinajstić information content (AvgIpc) is 2.90. The molecule has 0 radical (unpaired) electrons. The smallest absolute Gasteiger partial charge is 0.240 e. The van der Waals surface area contributed by atoms with Gasteiger partial charge in [0, 0.05) is 11.7 Å². The molecule has 2 heterocycles. The first kappa shape index (κ1) is 16.0. The molecule has 1 unspecified atom stereocenters. The Morgan fingerprint density at radius 2 is 2.04 bits per heavy atom. The number of hydrogen-bond acceptors (Lipinski definition) is 4. The Morgan fingerprint density at radius 3 is 2.70 bits per heavy atom. The number of carbonyl (C=O) groups is 2. The summed E-state index contributed by atoms with van der Waals surface area (Å²) in [7, 11) is -3.04. The summed E-state index contributed by atoms with van der Waals surface area (Å²) in [6.45, 7) is 3.60. The molecule has 0 aliphatic carbocycles. The Labute approximate surface area is 135 Å². The molecule has 1 saturated heterocycles. The second-order valence-corrected chi connectivity index (χ2v) is 8.93. The maximum Gasteiger partial charge on any atom is 0.240 e. The molecular formula is C16H20N2O4S. The molecule has 1 atom stereocenters. The maximum absolute atomic E-state index is 12.6. The molecule has 1 aromatic carbocycles. The Hall–Kier alpha value is -1.89. The van der Waals surface area contributed by atoms with E-state index in [0.717, 1.165) is 11.3 Å². The number of sulfone groups is 1. The number of amides is 2. The van der Waals surface area contributed by atoms with Crippen molar-refractivity contribution in [2.45, 2.75) is 31.7 Å². The van der Waals surface area contributed by atoms with Crippen LogP contribution >= 0.6 is 0 Å². The first-order chi connectivity index (χ1) is 10.7. The largest absolute Gasteiger partial charge is 0.351 e. The number of para-hydroxylation sites is 1. The Kier molecular flexibility index (Phi) is 3.71. The van der Waals surface area contributed by atoms with Crippen molar-refractivity contribution < 1.29 is 18.0 Å². The molecule has 2 aliphatic heterocycles. The summed E-state index contributed by atoms with van der Waals surface area (Å²) in [4.78, 5) is 26.3. The lowest BCUT2D eigenvalue weighted by Gasteiger charge is -2.21. The van der Waals surface area contributed by atoms with Crippen molar-refractivity contribution in [3.05, 3.63) is 29.8 Å². The van der Waals surface area contributed by atoms with E-state index in [0.29, 0.717) is 6.42 Å². The summed E-state index contributed by atoms with van der Waals surface area (Å²) in [5, 5.41) is 2.73. The molecule has 0 aromatic heterocycles. The summed E-state index contributed by atoms with van der Waals surface area (Å²) in [5.41, 5.74) is 0.992. The van der Waals surface area contributed by atoms with Gasteiger partial charge in [0.15, 0.2) is 9.84 Å². The predicted octanol–water partition coefficient (Wildman–Crippen LogP) is 0.614. The summed E-state index contributed by atoms with van der Waals surface area (Å²) < 4.78 is 22.9. The molecule has 6 nitrogen and oxygen atoms in total. The van der Waals surface area contributed by atoms with Gasteiger partial charge >= 0.3 is 0 Å². The highest BCUT2D eigenvalue weighted by molar-refractivity contribution is 7.91. The van der Waals surface area contributed by atoms with Crippen LogP contribution in [0.4, 0.5) is 5.69 Å². The van der Waals surface area contributed by atoms with Gasteiger partial charge in [-0.1, -0.05) is 18.2 Å². The van der Waals surface area contributed by atoms with E-state index in [4.69, 9.17) is 0 Å².